The van der Waals surface area contributed by atoms with Crippen LogP contribution in [0.15, 0.2) is 24.3 Å². The third-order valence-corrected chi connectivity index (χ3v) is 2.35. The molecule has 0 saturated heterocycles. The maximum absolute atomic E-state index is 5.36. The highest BCUT2D eigenvalue weighted by atomic mass is 16.6. The first-order chi connectivity index (χ1) is 7.81. The van der Waals surface area contributed by atoms with E-state index in [1.54, 1.807) is 21.3 Å². The van der Waals surface area contributed by atoms with Crippen molar-refractivity contribution < 1.29 is 14.3 Å². The Bertz CT molecular complexity index is 304. The SMILES string of the molecule is COCC(OC)c1cccc(CNOC)c1. The number of methoxy groups -OCH3 is 2. The summed E-state index contributed by atoms with van der Waals surface area (Å²) in [6, 6.07) is 8.15. The molecule has 0 amide bonds. The van der Waals surface area contributed by atoms with Crippen LogP contribution in [0.1, 0.15) is 17.2 Å². The summed E-state index contributed by atoms with van der Waals surface area (Å²) in [5.41, 5.74) is 5.07. The average molecular weight is 225 g/mol. The molecule has 0 aromatic heterocycles. The summed E-state index contributed by atoms with van der Waals surface area (Å²) < 4.78 is 10.5. The molecule has 0 fully saturated rings. The molecule has 1 unspecified atom stereocenters. The molecule has 0 heterocycles. The zero-order chi connectivity index (χ0) is 11.8. The second-order valence-electron chi connectivity index (χ2n) is 3.45. The molecule has 90 valence electrons. The molecule has 0 aliphatic heterocycles. The molecule has 0 radical (unpaired) electrons. The second-order valence-corrected chi connectivity index (χ2v) is 3.45. The lowest BCUT2D eigenvalue weighted by Crippen LogP contribution is -2.12. The van der Waals surface area contributed by atoms with Gasteiger partial charge in [-0.2, -0.15) is 5.48 Å². The normalized spacial score (nSPS) is 12.7. The minimum absolute atomic E-state index is 0.0208. The molecule has 0 bridgehead atoms. The Morgan fingerprint density at radius 3 is 2.69 bits per heavy atom. The number of rotatable bonds is 7. The van der Waals surface area contributed by atoms with Crippen molar-refractivity contribution in [3.05, 3.63) is 35.4 Å². The van der Waals surface area contributed by atoms with Crippen molar-refractivity contribution in [3.63, 3.8) is 0 Å². The molecule has 4 nitrogen and oxygen atoms in total. The highest BCUT2D eigenvalue weighted by molar-refractivity contribution is 5.25. The first-order valence-corrected chi connectivity index (χ1v) is 5.18. The number of nitrogens with one attached hydrogen (secondary N) is 1. The number of hydrogen-bond acceptors (Lipinski definition) is 4. The van der Waals surface area contributed by atoms with E-state index in [9.17, 15) is 0 Å². The Morgan fingerprint density at radius 2 is 2.06 bits per heavy atom. The van der Waals surface area contributed by atoms with Crippen LogP contribution in [0.25, 0.3) is 0 Å². The fourth-order valence-corrected chi connectivity index (χ4v) is 1.51. The topological polar surface area (TPSA) is 39.7 Å². The van der Waals surface area contributed by atoms with Gasteiger partial charge in [0.25, 0.3) is 0 Å². The van der Waals surface area contributed by atoms with Gasteiger partial charge in [0.2, 0.25) is 0 Å². The second kappa shape index (κ2) is 7.35. The summed E-state index contributed by atoms with van der Waals surface area (Å²) in [6.07, 6.45) is -0.0208. The average Bonchev–Trinajstić information content (AvgIpc) is 2.33. The van der Waals surface area contributed by atoms with Gasteiger partial charge in [-0.3, -0.25) is 0 Å². The zero-order valence-corrected chi connectivity index (χ0v) is 10.0. The van der Waals surface area contributed by atoms with Crippen molar-refractivity contribution >= 4 is 0 Å². The molecular formula is C12H19NO3. The lowest BCUT2D eigenvalue weighted by atomic mass is 10.1. The van der Waals surface area contributed by atoms with Crippen molar-refractivity contribution in [1.29, 1.82) is 0 Å². The Morgan fingerprint density at radius 1 is 1.25 bits per heavy atom. The number of hydrogen-bond donors (Lipinski definition) is 1. The molecule has 4 heteroatoms. The molecule has 0 aliphatic rings. The highest BCUT2D eigenvalue weighted by Crippen LogP contribution is 2.18. The highest BCUT2D eigenvalue weighted by Gasteiger charge is 2.10. The molecule has 0 aliphatic carbocycles. The van der Waals surface area contributed by atoms with Gasteiger partial charge in [0.1, 0.15) is 6.10 Å². The lowest BCUT2D eigenvalue weighted by Gasteiger charge is -2.15. The largest absolute Gasteiger partial charge is 0.382 e. The van der Waals surface area contributed by atoms with Gasteiger partial charge < -0.3 is 14.3 Å². The third kappa shape index (κ3) is 3.90. The Labute approximate surface area is 96.5 Å². The molecule has 16 heavy (non-hydrogen) atoms. The fraction of sp³-hybridized carbons (Fsp3) is 0.500. The van der Waals surface area contributed by atoms with E-state index in [1.807, 2.05) is 18.2 Å². The Kier molecular flexibility index (Phi) is 6.03. The van der Waals surface area contributed by atoms with Crippen LogP contribution >= 0.6 is 0 Å². The molecular weight excluding hydrogens is 206 g/mol. The van der Waals surface area contributed by atoms with Crippen LogP contribution in [0.4, 0.5) is 0 Å². The number of hydroxylamine groups is 1. The number of ether oxygens (including phenoxy) is 2. The van der Waals surface area contributed by atoms with E-state index in [0.717, 1.165) is 11.1 Å². The Balaban J connectivity index is 2.71. The summed E-state index contributed by atoms with van der Waals surface area (Å²) >= 11 is 0. The van der Waals surface area contributed by atoms with E-state index in [0.29, 0.717) is 13.2 Å². The lowest BCUT2D eigenvalue weighted by molar-refractivity contribution is 0.0273. The predicted molar refractivity (Wildman–Crippen MR) is 61.9 cm³/mol. The fourth-order valence-electron chi connectivity index (χ4n) is 1.51. The molecule has 1 aromatic carbocycles. The molecule has 1 aromatic rings. The van der Waals surface area contributed by atoms with Crippen LogP contribution in [0.5, 0.6) is 0 Å². The quantitative estimate of drug-likeness (QED) is 0.717. The monoisotopic (exact) mass is 225 g/mol. The standard InChI is InChI=1S/C12H19NO3/c1-14-9-12(15-2)11-6-4-5-10(7-11)8-13-16-3/h4-7,12-13H,8-9H2,1-3H3. The van der Waals surface area contributed by atoms with Crippen LogP contribution in [0.3, 0.4) is 0 Å². The first-order valence-electron chi connectivity index (χ1n) is 5.18. The summed E-state index contributed by atoms with van der Waals surface area (Å²) in [5.74, 6) is 0. The Hall–Kier alpha value is -0.940. The summed E-state index contributed by atoms with van der Waals surface area (Å²) in [5, 5.41) is 0. The summed E-state index contributed by atoms with van der Waals surface area (Å²) in [7, 11) is 4.96. The van der Waals surface area contributed by atoms with Crippen molar-refractivity contribution in [2.45, 2.75) is 12.6 Å². The van der Waals surface area contributed by atoms with E-state index < -0.39 is 0 Å². The van der Waals surface area contributed by atoms with Crippen molar-refractivity contribution in [2.75, 3.05) is 27.9 Å². The van der Waals surface area contributed by atoms with Crippen LogP contribution in [-0.2, 0) is 20.9 Å². The maximum Gasteiger partial charge on any atom is 0.105 e. The summed E-state index contributed by atoms with van der Waals surface area (Å²) in [6.45, 7) is 1.23. The zero-order valence-electron chi connectivity index (χ0n) is 10.0. The molecule has 1 atom stereocenters. The molecule has 0 saturated carbocycles. The molecule has 1 N–H and O–H groups in total. The van der Waals surface area contributed by atoms with Gasteiger partial charge in [-0.15, -0.1) is 0 Å². The number of benzene rings is 1. The minimum atomic E-state index is -0.0208. The van der Waals surface area contributed by atoms with E-state index >= 15 is 0 Å². The predicted octanol–water partition coefficient (Wildman–Crippen LogP) is 1.67. The third-order valence-electron chi connectivity index (χ3n) is 2.35. The van der Waals surface area contributed by atoms with E-state index in [1.165, 1.54) is 0 Å². The van der Waals surface area contributed by atoms with E-state index in [4.69, 9.17) is 14.3 Å². The van der Waals surface area contributed by atoms with E-state index in [2.05, 4.69) is 11.5 Å². The van der Waals surface area contributed by atoms with Gasteiger partial charge >= 0.3 is 0 Å². The first kappa shape index (κ1) is 13.1. The smallest absolute Gasteiger partial charge is 0.105 e. The minimum Gasteiger partial charge on any atom is -0.382 e. The van der Waals surface area contributed by atoms with Crippen molar-refractivity contribution in [2.24, 2.45) is 0 Å². The van der Waals surface area contributed by atoms with Gasteiger partial charge in [-0.05, 0) is 11.1 Å². The van der Waals surface area contributed by atoms with Crippen LogP contribution in [0, 0.1) is 0 Å². The summed E-state index contributed by atoms with van der Waals surface area (Å²) in [4.78, 5) is 4.81. The van der Waals surface area contributed by atoms with Crippen LogP contribution in [0.2, 0.25) is 0 Å². The van der Waals surface area contributed by atoms with Gasteiger partial charge in [-0.25, -0.2) is 0 Å². The van der Waals surface area contributed by atoms with Crippen LogP contribution in [-0.4, -0.2) is 27.9 Å². The molecule has 1 rings (SSSR count). The molecule has 0 spiro atoms. The van der Waals surface area contributed by atoms with Crippen molar-refractivity contribution in [1.82, 2.24) is 5.48 Å². The van der Waals surface area contributed by atoms with E-state index in [-0.39, 0.29) is 6.10 Å². The van der Waals surface area contributed by atoms with Gasteiger partial charge in [0.15, 0.2) is 0 Å². The van der Waals surface area contributed by atoms with Gasteiger partial charge in [0.05, 0.1) is 13.7 Å². The van der Waals surface area contributed by atoms with Gasteiger partial charge in [0, 0.05) is 20.8 Å². The maximum atomic E-state index is 5.36. The van der Waals surface area contributed by atoms with Crippen molar-refractivity contribution in [3.8, 4) is 0 Å². The van der Waals surface area contributed by atoms with Gasteiger partial charge in [-0.1, -0.05) is 24.3 Å². The van der Waals surface area contributed by atoms with Crippen LogP contribution < -0.4 is 5.48 Å².